The summed E-state index contributed by atoms with van der Waals surface area (Å²) < 4.78 is 47.3. The number of halogens is 4. The molecular weight excluding hydrogens is 451 g/mol. The Kier molecular flexibility index (Phi) is 5.89. The zero-order chi connectivity index (χ0) is 22.9. The van der Waals surface area contributed by atoms with Crippen molar-refractivity contribution in [3.05, 3.63) is 52.9 Å². The van der Waals surface area contributed by atoms with Crippen molar-refractivity contribution < 1.29 is 32.2 Å². The number of rotatable bonds is 8. The van der Waals surface area contributed by atoms with Gasteiger partial charge >= 0.3 is 6.61 Å². The molecule has 3 saturated carbocycles. The van der Waals surface area contributed by atoms with Crippen LogP contribution in [0.1, 0.15) is 36.0 Å². The fourth-order valence-electron chi connectivity index (χ4n) is 4.41. The van der Waals surface area contributed by atoms with E-state index >= 15 is 0 Å². The Labute approximate surface area is 186 Å². The molecule has 0 radical (unpaired) electrons. The molecule has 2 aromatic rings. The average Bonchev–Trinajstić information content (AvgIpc) is 3.23. The van der Waals surface area contributed by atoms with Gasteiger partial charge in [-0.15, -0.1) is 0 Å². The maximum atomic E-state index is 13.5. The van der Waals surface area contributed by atoms with Gasteiger partial charge in [0.25, 0.3) is 11.8 Å². The molecule has 0 spiro atoms. The Morgan fingerprint density at radius 2 is 1.84 bits per heavy atom. The van der Waals surface area contributed by atoms with Crippen LogP contribution in [0.3, 0.4) is 0 Å². The van der Waals surface area contributed by atoms with Crippen LogP contribution in [0.5, 0.6) is 11.6 Å². The number of aromatic nitrogens is 1. The van der Waals surface area contributed by atoms with Gasteiger partial charge in [0.2, 0.25) is 5.88 Å². The van der Waals surface area contributed by atoms with Crippen molar-refractivity contribution in [3.63, 3.8) is 0 Å². The molecule has 3 aliphatic rings. The predicted octanol–water partition coefficient (Wildman–Crippen LogP) is 3.47. The lowest BCUT2D eigenvalue weighted by molar-refractivity contribution is -0.126. The van der Waals surface area contributed by atoms with Crippen molar-refractivity contribution in [1.82, 2.24) is 15.6 Å². The van der Waals surface area contributed by atoms with Gasteiger partial charge in [-0.3, -0.25) is 9.59 Å². The number of ether oxygens (including phenoxy) is 2. The summed E-state index contributed by atoms with van der Waals surface area (Å²) >= 11 is 5.62. The molecule has 0 unspecified atom stereocenters. The molecule has 0 atom stereocenters. The van der Waals surface area contributed by atoms with Gasteiger partial charge in [-0.25, -0.2) is 9.37 Å². The first kappa shape index (κ1) is 22.2. The number of amides is 2. The summed E-state index contributed by atoms with van der Waals surface area (Å²) in [5, 5.41) is 5.87. The first-order valence-electron chi connectivity index (χ1n) is 9.80. The van der Waals surface area contributed by atoms with Crippen molar-refractivity contribution >= 4 is 23.4 Å². The lowest BCUT2D eigenvalue weighted by atomic mass is 9.71. The number of pyridine rings is 1. The van der Waals surface area contributed by atoms with Crippen LogP contribution in [0.4, 0.5) is 13.2 Å². The molecule has 2 amide bonds. The second kappa shape index (κ2) is 8.50. The standard InChI is InChI=1S/C21H19ClF3N3O4/c22-14-3-2-13(7-15(14)23)31-9-16(29)27-20-5-6-21(10-20,11-20)28-18(30)12-1-4-17(26-8-12)32-19(24)25/h1-4,7-8,19H,5-6,9-11H2,(H,27,29)(H,28,30). The highest BCUT2D eigenvalue weighted by atomic mass is 35.5. The fraction of sp³-hybridized carbons (Fsp3) is 0.381. The van der Waals surface area contributed by atoms with E-state index in [-0.39, 0.29) is 40.6 Å². The molecule has 11 heteroatoms. The Morgan fingerprint density at radius 1 is 1.12 bits per heavy atom. The van der Waals surface area contributed by atoms with E-state index in [2.05, 4.69) is 20.4 Å². The minimum absolute atomic E-state index is 0.0345. The maximum Gasteiger partial charge on any atom is 0.388 e. The predicted molar refractivity (Wildman–Crippen MR) is 107 cm³/mol. The number of nitrogens with zero attached hydrogens (tertiary/aromatic N) is 1. The van der Waals surface area contributed by atoms with E-state index in [0.717, 1.165) is 6.07 Å². The van der Waals surface area contributed by atoms with Gasteiger partial charge in [0, 0.05) is 29.4 Å². The van der Waals surface area contributed by atoms with E-state index in [0.29, 0.717) is 25.7 Å². The molecule has 3 aliphatic carbocycles. The quantitative estimate of drug-likeness (QED) is 0.618. The minimum Gasteiger partial charge on any atom is -0.484 e. The molecule has 1 aromatic heterocycles. The summed E-state index contributed by atoms with van der Waals surface area (Å²) in [4.78, 5) is 28.5. The molecule has 2 bridgehead atoms. The fourth-order valence-corrected chi connectivity index (χ4v) is 4.53. The number of hydrogen-bond acceptors (Lipinski definition) is 5. The smallest absolute Gasteiger partial charge is 0.388 e. The minimum atomic E-state index is -2.99. The number of nitrogens with one attached hydrogen (secondary N) is 2. The van der Waals surface area contributed by atoms with E-state index in [1.165, 1.54) is 30.5 Å². The van der Waals surface area contributed by atoms with Crippen molar-refractivity contribution in [2.75, 3.05) is 6.61 Å². The Balaban J connectivity index is 1.26. The largest absolute Gasteiger partial charge is 0.484 e. The SMILES string of the molecule is O=C(COc1ccc(Cl)c(F)c1)NC12CCC(NC(=O)c3ccc(OC(F)F)nc3)(C1)C2. The Hall–Kier alpha value is -3.01. The average molecular weight is 470 g/mol. The second-order valence-corrected chi connectivity index (χ2v) is 8.45. The monoisotopic (exact) mass is 469 g/mol. The highest BCUT2D eigenvalue weighted by molar-refractivity contribution is 6.30. The van der Waals surface area contributed by atoms with Crippen LogP contribution >= 0.6 is 11.6 Å². The molecule has 2 N–H and O–H groups in total. The van der Waals surface area contributed by atoms with Crippen LogP contribution < -0.4 is 20.1 Å². The van der Waals surface area contributed by atoms with Crippen LogP contribution in [-0.2, 0) is 4.79 Å². The summed E-state index contributed by atoms with van der Waals surface area (Å²) in [7, 11) is 0. The highest BCUT2D eigenvalue weighted by Gasteiger charge is 2.62. The van der Waals surface area contributed by atoms with Crippen molar-refractivity contribution in [2.24, 2.45) is 0 Å². The third-order valence-electron chi connectivity index (χ3n) is 5.69. The highest BCUT2D eigenvalue weighted by Crippen LogP contribution is 2.55. The molecule has 32 heavy (non-hydrogen) atoms. The molecule has 0 saturated heterocycles. The van der Waals surface area contributed by atoms with Gasteiger partial charge in [-0.1, -0.05) is 11.6 Å². The number of hydrogen-bond donors (Lipinski definition) is 2. The maximum absolute atomic E-state index is 13.5. The number of carbonyl (C=O) groups is 2. The number of fused-ring (bicyclic) bond motifs is 1. The first-order valence-corrected chi connectivity index (χ1v) is 10.2. The van der Waals surface area contributed by atoms with Gasteiger partial charge < -0.3 is 20.1 Å². The lowest BCUT2D eigenvalue weighted by Gasteiger charge is -2.48. The molecule has 1 aromatic carbocycles. The van der Waals surface area contributed by atoms with E-state index in [1.807, 2.05) is 0 Å². The van der Waals surface area contributed by atoms with Crippen LogP contribution in [0.15, 0.2) is 36.5 Å². The van der Waals surface area contributed by atoms with Gasteiger partial charge in [-0.05, 0) is 43.9 Å². The molecular formula is C21H19ClF3N3O4. The van der Waals surface area contributed by atoms with Crippen LogP contribution in [0, 0.1) is 5.82 Å². The zero-order valence-electron chi connectivity index (χ0n) is 16.7. The summed E-state index contributed by atoms with van der Waals surface area (Å²) in [6.07, 6.45) is 3.67. The molecule has 7 nitrogen and oxygen atoms in total. The topological polar surface area (TPSA) is 89.6 Å². The number of carbonyl (C=O) groups excluding carboxylic acids is 2. The second-order valence-electron chi connectivity index (χ2n) is 8.04. The van der Waals surface area contributed by atoms with Crippen LogP contribution in [0.25, 0.3) is 0 Å². The summed E-state index contributed by atoms with van der Waals surface area (Å²) in [5.41, 5.74) is -0.646. The Bertz CT molecular complexity index is 1030. The normalized spacial score (nSPS) is 23.4. The van der Waals surface area contributed by atoms with Gasteiger partial charge in [0.1, 0.15) is 11.6 Å². The Morgan fingerprint density at radius 3 is 2.47 bits per heavy atom. The third kappa shape index (κ3) is 4.74. The summed E-state index contributed by atoms with van der Waals surface area (Å²) in [6, 6.07) is 6.48. The van der Waals surface area contributed by atoms with E-state index in [1.54, 1.807) is 0 Å². The van der Waals surface area contributed by atoms with Crippen molar-refractivity contribution in [2.45, 2.75) is 43.4 Å². The third-order valence-corrected chi connectivity index (χ3v) is 5.99. The number of benzene rings is 1. The van der Waals surface area contributed by atoms with Gasteiger partial charge in [-0.2, -0.15) is 8.78 Å². The number of alkyl halides is 2. The van der Waals surface area contributed by atoms with Gasteiger partial charge in [0.05, 0.1) is 10.6 Å². The summed E-state index contributed by atoms with van der Waals surface area (Å²) in [5.74, 6) is -1.44. The molecule has 170 valence electrons. The van der Waals surface area contributed by atoms with Crippen LogP contribution in [0.2, 0.25) is 5.02 Å². The van der Waals surface area contributed by atoms with E-state index in [9.17, 15) is 22.8 Å². The van der Waals surface area contributed by atoms with Crippen LogP contribution in [-0.4, -0.2) is 41.1 Å². The first-order chi connectivity index (χ1) is 15.2. The molecule has 0 aliphatic heterocycles. The molecule has 3 fully saturated rings. The van der Waals surface area contributed by atoms with E-state index in [4.69, 9.17) is 16.3 Å². The van der Waals surface area contributed by atoms with Crippen molar-refractivity contribution in [1.29, 1.82) is 0 Å². The molecule has 5 rings (SSSR count). The lowest BCUT2D eigenvalue weighted by Crippen LogP contribution is -2.64. The summed E-state index contributed by atoms with van der Waals surface area (Å²) in [6.45, 7) is -3.27. The zero-order valence-corrected chi connectivity index (χ0v) is 17.4. The van der Waals surface area contributed by atoms with Gasteiger partial charge in [0.15, 0.2) is 6.61 Å². The van der Waals surface area contributed by atoms with E-state index < -0.39 is 23.5 Å². The van der Waals surface area contributed by atoms with Crippen molar-refractivity contribution in [3.8, 4) is 11.6 Å². The molecule has 1 heterocycles.